The fourth-order valence-electron chi connectivity index (χ4n) is 5.20. The highest BCUT2D eigenvalue weighted by Crippen LogP contribution is 2.37. The molecule has 0 aliphatic carbocycles. The zero-order valence-electron chi connectivity index (χ0n) is 21.0. The van der Waals surface area contributed by atoms with E-state index >= 15 is 0 Å². The van der Waals surface area contributed by atoms with Gasteiger partial charge in [-0.1, -0.05) is 62.7 Å². The minimum Gasteiger partial charge on any atom is -0.496 e. The number of para-hydroxylation sites is 1. The Bertz CT molecular complexity index is 1240. The van der Waals surface area contributed by atoms with Crippen molar-refractivity contribution in [2.75, 3.05) is 20.2 Å². The Morgan fingerprint density at radius 3 is 2.66 bits per heavy atom. The second-order valence-corrected chi connectivity index (χ2v) is 9.49. The summed E-state index contributed by atoms with van der Waals surface area (Å²) in [6.45, 7) is 8.46. The smallest absolute Gasteiger partial charge is 0.128 e. The second kappa shape index (κ2) is 10.5. The Hall–Kier alpha value is -3.38. The molecule has 2 atom stereocenters. The summed E-state index contributed by atoms with van der Waals surface area (Å²) in [6, 6.07) is 19.0. The monoisotopic (exact) mass is 469 g/mol. The average Bonchev–Trinajstić information content (AvgIpc) is 3.54. The molecule has 5 rings (SSSR count). The van der Waals surface area contributed by atoms with Crippen molar-refractivity contribution in [2.45, 2.75) is 45.8 Å². The van der Waals surface area contributed by atoms with Crippen molar-refractivity contribution in [2.24, 2.45) is 5.92 Å². The van der Waals surface area contributed by atoms with Crippen LogP contribution in [-0.4, -0.2) is 44.2 Å². The van der Waals surface area contributed by atoms with Crippen LogP contribution in [0.25, 0.3) is 11.3 Å². The van der Waals surface area contributed by atoms with Crippen molar-refractivity contribution in [1.82, 2.24) is 24.0 Å². The van der Waals surface area contributed by atoms with Gasteiger partial charge in [-0.2, -0.15) is 0 Å². The number of fused-ring (bicyclic) bond motifs is 1. The van der Waals surface area contributed by atoms with Crippen LogP contribution in [-0.2, 0) is 19.5 Å². The quantitative estimate of drug-likeness (QED) is 0.327. The van der Waals surface area contributed by atoms with Crippen molar-refractivity contribution >= 4 is 0 Å². The van der Waals surface area contributed by atoms with E-state index in [1.165, 1.54) is 17.1 Å². The van der Waals surface area contributed by atoms with Crippen LogP contribution in [0.1, 0.15) is 43.4 Å². The molecule has 35 heavy (non-hydrogen) atoms. The SMILES string of the molecule is CCC(C)[C@H]1c2nc(-c3ccccc3OC)cn2CCN1CCc1cncn1Cc1ccccc1. The molecule has 0 saturated carbocycles. The van der Waals surface area contributed by atoms with Gasteiger partial charge in [0.1, 0.15) is 11.6 Å². The molecule has 2 aromatic carbocycles. The Kier molecular flexibility index (Phi) is 7.00. The predicted molar refractivity (Wildman–Crippen MR) is 139 cm³/mol. The molecule has 4 aromatic rings. The molecule has 0 saturated heterocycles. The third-order valence-corrected chi connectivity index (χ3v) is 7.31. The standard InChI is InChI=1S/C29H35N5O/c1-4-22(2)28-29-31-26(25-12-8-9-13-27(25)35-3)20-33(29)17-16-32(28)15-14-24-18-30-21-34(24)19-23-10-6-5-7-11-23/h5-13,18,20-22,28H,4,14-17,19H2,1-3H3/t22?,28-/m0/s1. The number of imidazole rings is 2. The van der Waals surface area contributed by atoms with Crippen molar-refractivity contribution in [1.29, 1.82) is 0 Å². The second-order valence-electron chi connectivity index (χ2n) is 9.49. The van der Waals surface area contributed by atoms with Gasteiger partial charge in [0.05, 0.1) is 25.2 Å². The first-order valence-electron chi connectivity index (χ1n) is 12.6. The van der Waals surface area contributed by atoms with Gasteiger partial charge in [0, 0.05) is 56.3 Å². The molecule has 1 aliphatic heterocycles. The summed E-state index contributed by atoms with van der Waals surface area (Å²) in [5.74, 6) is 2.55. The van der Waals surface area contributed by atoms with Crippen LogP contribution in [0, 0.1) is 5.92 Å². The summed E-state index contributed by atoms with van der Waals surface area (Å²) in [4.78, 5) is 12.3. The van der Waals surface area contributed by atoms with E-state index in [-0.39, 0.29) is 0 Å². The number of benzene rings is 2. The molecular formula is C29H35N5O. The first-order chi connectivity index (χ1) is 17.2. The van der Waals surface area contributed by atoms with Gasteiger partial charge in [-0.3, -0.25) is 4.90 Å². The van der Waals surface area contributed by atoms with Crippen LogP contribution >= 0.6 is 0 Å². The van der Waals surface area contributed by atoms with Crippen molar-refractivity contribution in [3.8, 4) is 17.0 Å². The van der Waals surface area contributed by atoms with E-state index in [2.05, 4.69) is 75.5 Å². The number of ether oxygens (including phenoxy) is 1. The molecule has 0 bridgehead atoms. The molecule has 1 aliphatic rings. The topological polar surface area (TPSA) is 48.1 Å². The van der Waals surface area contributed by atoms with E-state index in [0.29, 0.717) is 12.0 Å². The molecule has 6 nitrogen and oxygen atoms in total. The first kappa shape index (κ1) is 23.4. The largest absolute Gasteiger partial charge is 0.496 e. The van der Waals surface area contributed by atoms with Crippen molar-refractivity contribution in [3.63, 3.8) is 0 Å². The van der Waals surface area contributed by atoms with E-state index in [1.807, 2.05) is 30.7 Å². The summed E-state index contributed by atoms with van der Waals surface area (Å²) in [5.41, 5.74) is 4.62. The third kappa shape index (κ3) is 4.89. The van der Waals surface area contributed by atoms with Gasteiger partial charge >= 0.3 is 0 Å². The van der Waals surface area contributed by atoms with Gasteiger partial charge in [-0.15, -0.1) is 0 Å². The highest BCUT2D eigenvalue weighted by molar-refractivity contribution is 5.66. The van der Waals surface area contributed by atoms with Gasteiger partial charge in [0.25, 0.3) is 0 Å². The first-order valence-corrected chi connectivity index (χ1v) is 12.6. The molecule has 0 fully saturated rings. The Morgan fingerprint density at radius 1 is 1.06 bits per heavy atom. The maximum atomic E-state index is 5.61. The summed E-state index contributed by atoms with van der Waals surface area (Å²) in [7, 11) is 1.72. The Labute approximate surface area is 208 Å². The number of hydrogen-bond donors (Lipinski definition) is 0. The lowest BCUT2D eigenvalue weighted by molar-refractivity contribution is 0.108. The van der Waals surface area contributed by atoms with E-state index in [1.54, 1.807) is 7.11 Å². The molecular weight excluding hydrogens is 434 g/mol. The molecule has 6 heteroatoms. The lowest BCUT2D eigenvalue weighted by Gasteiger charge is -2.39. The number of methoxy groups -OCH3 is 1. The predicted octanol–water partition coefficient (Wildman–Crippen LogP) is 5.45. The normalized spacial score (nSPS) is 16.7. The zero-order valence-corrected chi connectivity index (χ0v) is 21.0. The van der Waals surface area contributed by atoms with Crippen LogP contribution in [0.15, 0.2) is 73.3 Å². The van der Waals surface area contributed by atoms with Crippen LogP contribution < -0.4 is 4.74 Å². The van der Waals surface area contributed by atoms with Gasteiger partial charge in [0.15, 0.2) is 0 Å². The molecule has 2 aromatic heterocycles. The Balaban J connectivity index is 1.36. The van der Waals surface area contributed by atoms with Crippen LogP contribution in [0.3, 0.4) is 0 Å². The number of aromatic nitrogens is 4. The summed E-state index contributed by atoms with van der Waals surface area (Å²) in [6.07, 6.45) is 8.27. The Morgan fingerprint density at radius 2 is 1.86 bits per heavy atom. The highest BCUT2D eigenvalue weighted by atomic mass is 16.5. The fraction of sp³-hybridized carbons (Fsp3) is 0.379. The molecule has 0 spiro atoms. The van der Waals surface area contributed by atoms with E-state index in [9.17, 15) is 0 Å². The summed E-state index contributed by atoms with van der Waals surface area (Å²) in [5, 5.41) is 0. The van der Waals surface area contributed by atoms with Gasteiger partial charge in [-0.05, 0) is 23.6 Å². The lowest BCUT2D eigenvalue weighted by Crippen LogP contribution is -2.42. The van der Waals surface area contributed by atoms with Crippen LogP contribution in [0.2, 0.25) is 0 Å². The van der Waals surface area contributed by atoms with Gasteiger partial charge < -0.3 is 13.9 Å². The molecule has 182 valence electrons. The minimum atomic E-state index is 0.294. The van der Waals surface area contributed by atoms with Crippen LogP contribution in [0.5, 0.6) is 5.75 Å². The maximum absolute atomic E-state index is 5.61. The number of hydrogen-bond acceptors (Lipinski definition) is 4. The van der Waals surface area contributed by atoms with Gasteiger partial charge in [-0.25, -0.2) is 9.97 Å². The average molecular weight is 470 g/mol. The molecule has 3 heterocycles. The minimum absolute atomic E-state index is 0.294. The van der Waals surface area contributed by atoms with Gasteiger partial charge in [0.2, 0.25) is 0 Å². The fourth-order valence-corrected chi connectivity index (χ4v) is 5.20. The van der Waals surface area contributed by atoms with Crippen molar-refractivity contribution in [3.05, 3.63) is 90.4 Å². The summed E-state index contributed by atoms with van der Waals surface area (Å²) < 4.78 is 10.2. The molecule has 0 amide bonds. The molecule has 0 N–H and O–H groups in total. The number of rotatable bonds is 9. The van der Waals surface area contributed by atoms with E-state index in [0.717, 1.165) is 56.0 Å². The maximum Gasteiger partial charge on any atom is 0.128 e. The van der Waals surface area contributed by atoms with Crippen molar-refractivity contribution < 1.29 is 4.74 Å². The molecule has 1 unspecified atom stereocenters. The lowest BCUT2D eigenvalue weighted by atomic mass is 9.95. The summed E-state index contributed by atoms with van der Waals surface area (Å²) >= 11 is 0. The third-order valence-electron chi connectivity index (χ3n) is 7.31. The number of nitrogens with zero attached hydrogens (tertiary/aromatic N) is 5. The highest BCUT2D eigenvalue weighted by Gasteiger charge is 2.33. The molecule has 0 radical (unpaired) electrons. The zero-order chi connectivity index (χ0) is 24.2. The van der Waals surface area contributed by atoms with E-state index < -0.39 is 0 Å². The van der Waals surface area contributed by atoms with Crippen LogP contribution in [0.4, 0.5) is 0 Å². The van der Waals surface area contributed by atoms with E-state index in [4.69, 9.17) is 9.72 Å².